The van der Waals surface area contributed by atoms with Crippen molar-refractivity contribution in [2.24, 2.45) is 0 Å². The van der Waals surface area contributed by atoms with Crippen LogP contribution in [0.4, 0.5) is 26.3 Å². The van der Waals surface area contributed by atoms with Crippen LogP contribution in [0, 0.1) is 0 Å². The Morgan fingerprint density at radius 1 is 0.778 bits per heavy atom. The van der Waals surface area contributed by atoms with Gasteiger partial charge in [-0.25, -0.2) is 0 Å². The molecule has 0 heterocycles. The Morgan fingerprint density at radius 3 is 1.11 bits per heavy atom. The maximum Gasteiger partial charge on any atom is 0.420 e. The van der Waals surface area contributed by atoms with Gasteiger partial charge < -0.3 is 0 Å². The average Bonchev–Trinajstić information content (AvgIpc) is 1.90. The molecule has 0 aliphatic rings. The second-order valence-electron chi connectivity index (χ2n) is 3.02. The van der Waals surface area contributed by atoms with E-state index in [2.05, 4.69) is 0 Å². The SMILES string of the molecule is O=S(=O)(O)CC(C(F)(F)F)(C(F)(F)F)S(=O)(=O)O. The molecule has 0 saturated heterocycles. The van der Waals surface area contributed by atoms with E-state index in [0.717, 1.165) is 0 Å². The summed E-state index contributed by atoms with van der Waals surface area (Å²) in [6, 6.07) is 0. The zero-order chi connectivity index (χ0) is 15.2. The molecule has 0 saturated carbocycles. The summed E-state index contributed by atoms with van der Waals surface area (Å²) < 4.78 is 125. The summed E-state index contributed by atoms with van der Waals surface area (Å²) in [5, 5.41) is 0. The molecule has 0 spiro atoms. The first-order valence-electron chi connectivity index (χ1n) is 3.51. The van der Waals surface area contributed by atoms with Crippen molar-refractivity contribution in [2.45, 2.75) is 17.1 Å². The highest BCUT2D eigenvalue weighted by Crippen LogP contribution is 2.48. The van der Waals surface area contributed by atoms with Gasteiger partial charge in [0, 0.05) is 0 Å². The Kier molecular flexibility index (Phi) is 4.07. The molecule has 0 radical (unpaired) electrons. The van der Waals surface area contributed by atoms with E-state index in [1.807, 2.05) is 0 Å². The van der Waals surface area contributed by atoms with E-state index in [0.29, 0.717) is 0 Å². The van der Waals surface area contributed by atoms with Gasteiger partial charge in [0.25, 0.3) is 20.2 Å². The molecule has 0 bridgehead atoms. The first-order chi connectivity index (χ1) is 7.46. The third-order valence-corrected chi connectivity index (χ3v) is 4.21. The first-order valence-corrected chi connectivity index (χ1v) is 6.56. The molecule has 18 heavy (non-hydrogen) atoms. The summed E-state index contributed by atoms with van der Waals surface area (Å²) in [5.41, 5.74) is 0. The Morgan fingerprint density at radius 2 is 1.06 bits per heavy atom. The summed E-state index contributed by atoms with van der Waals surface area (Å²) in [5.74, 6) is -3.30. The summed E-state index contributed by atoms with van der Waals surface area (Å²) >= 11 is 0. The van der Waals surface area contributed by atoms with Crippen LogP contribution in [0.3, 0.4) is 0 Å². The largest absolute Gasteiger partial charge is 0.420 e. The fourth-order valence-corrected chi connectivity index (χ4v) is 3.42. The Labute approximate surface area is 96.1 Å². The van der Waals surface area contributed by atoms with Crippen molar-refractivity contribution in [3.8, 4) is 0 Å². The molecule has 0 unspecified atom stereocenters. The van der Waals surface area contributed by atoms with Crippen molar-refractivity contribution in [3.05, 3.63) is 0 Å². The van der Waals surface area contributed by atoms with Gasteiger partial charge in [0.05, 0.1) is 0 Å². The number of halogens is 6. The molecule has 0 fully saturated rings. The van der Waals surface area contributed by atoms with Gasteiger partial charge in [-0.05, 0) is 0 Å². The van der Waals surface area contributed by atoms with Crippen LogP contribution in [-0.4, -0.2) is 48.8 Å². The smallest absolute Gasteiger partial charge is 0.285 e. The van der Waals surface area contributed by atoms with E-state index in [4.69, 9.17) is 9.11 Å². The van der Waals surface area contributed by atoms with Crippen LogP contribution in [0.1, 0.15) is 0 Å². The second-order valence-corrected chi connectivity index (χ2v) is 6.12. The van der Waals surface area contributed by atoms with Gasteiger partial charge in [0.15, 0.2) is 0 Å². The van der Waals surface area contributed by atoms with Crippen LogP contribution in [0.15, 0.2) is 0 Å². The maximum atomic E-state index is 12.3. The van der Waals surface area contributed by atoms with Crippen molar-refractivity contribution in [2.75, 3.05) is 5.75 Å². The lowest BCUT2D eigenvalue weighted by atomic mass is 10.1. The number of hydrogen-bond acceptors (Lipinski definition) is 4. The molecule has 0 amide bonds. The van der Waals surface area contributed by atoms with Gasteiger partial charge >= 0.3 is 17.1 Å². The van der Waals surface area contributed by atoms with E-state index in [-0.39, 0.29) is 0 Å². The Balaban J connectivity index is 6.47. The molecule has 0 aromatic heterocycles. The van der Waals surface area contributed by atoms with E-state index in [1.165, 1.54) is 0 Å². The van der Waals surface area contributed by atoms with Crippen molar-refractivity contribution >= 4 is 20.2 Å². The second kappa shape index (κ2) is 4.21. The molecule has 0 rings (SSSR count). The molecular formula is C4H4F6O6S2. The fourth-order valence-electron chi connectivity index (χ4n) is 0.948. The van der Waals surface area contributed by atoms with Crippen molar-refractivity contribution in [1.82, 2.24) is 0 Å². The van der Waals surface area contributed by atoms with Gasteiger partial charge in [0.1, 0.15) is 5.75 Å². The third-order valence-electron chi connectivity index (χ3n) is 1.74. The van der Waals surface area contributed by atoms with Crippen molar-refractivity contribution < 1.29 is 52.3 Å². The minimum absolute atomic E-state index is 3.30. The van der Waals surface area contributed by atoms with Gasteiger partial charge in [-0.1, -0.05) is 0 Å². The molecule has 0 aliphatic heterocycles. The van der Waals surface area contributed by atoms with Crippen LogP contribution >= 0.6 is 0 Å². The van der Waals surface area contributed by atoms with E-state index >= 15 is 0 Å². The lowest BCUT2D eigenvalue weighted by Crippen LogP contribution is -2.65. The molecule has 14 heteroatoms. The van der Waals surface area contributed by atoms with Crippen LogP contribution in [0.25, 0.3) is 0 Å². The average molecular weight is 326 g/mol. The normalized spacial score (nSPS) is 15.8. The zero-order valence-electron chi connectivity index (χ0n) is 7.82. The van der Waals surface area contributed by atoms with E-state index in [1.54, 1.807) is 0 Å². The predicted octanol–water partition coefficient (Wildman–Crippen LogP) is 0.625. The summed E-state index contributed by atoms with van der Waals surface area (Å²) in [6.07, 6.45) is -13.4. The first kappa shape index (κ1) is 17.4. The standard InChI is InChI=1S/C4H4F6O6S2/c5-3(6,7)2(4(8,9)10,18(14,15)16)1-17(11,12)13/h1H2,(H,11,12,13)(H,14,15,16). The van der Waals surface area contributed by atoms with Crippen molar-refractivity contribution in [3.63, 3.8) is 0 Å². The topological polar surface area (TPSA) is 109 Å². The van der Waals surface area contributed by atoms with Crippen LogP contribution in [0.5, 0.6) is 0 Å². The molecule has 0 aromatic rings. The van der Waals surface area contributed by atoms with Gasteiger partial charge in [-0.3, -0.25) is 9.11 Å². The minimum Gasteiger partial charge on any atom is -0.285 e. The highest BCUT2D eigenvalue weighted by molar-refractivity contribution is 7.90. The predicted molar refractivity (Wildman–Crippen MR) is 42.8 cm³/mol. The molecule has 2 N–H and O–H groups in total. The van der Waals surface area contributed by atoms with Crippen LogP contribution < -0.4 is 0 Å². The lowest BCUT2D eigenvalue weighted by molar-refractivity contribution is -0.262. The number of hydrogen-bond donors (Lipinski definition) is 2. The maximum absolute atomic E-state index is 12.3. The molecule has 0 aliphatic carbocycles. The van der Waals surface area contributed by atoms with E-state index < -0.39 is 43.1 Å². The molecular weight excluding hydrogens is 322 g/mol. The molecule has 6 nitrogen and oxygen atoms in total. The summed E-state index contributed by atoms with van der Waals surface area (Å²) in [4.78, 5) is 0. The summed E-state index contributed by atoms with van der Waals surface area (Å²) in [7, 11) is -13.0. The van der Waals surface area contributed by atoms with Crippen LogP contribution in [0.2, 0.25) is 0 Å². The van der Waals surface area contributed by atoms with Crippen molar-refractivity contribution in [1.29, 1.82) is 0 Å². The van der Waals surface area contributed by atoms with Gasteiger partial charge in [-0.15, -0.1) is 0 Å². The fraction of sp³-hybridized carbons (Fsp3) is 1.00. The molecule has 110 valence electrons. The monoisotopic (exact) mass is 326 g/mol. The van der Waals surface area contributed by atoms with E-state index in [9.17, 15) is 43.2 Å². The highest BCUT2D eigenvalue weighted by atomic mass is 32.2. The molecule has 0 atom stereocenters. The summed E-state index contributed by atoms with van der Waals surface area (Å²) in [6.45, 7) is 0. The van der Waals surface area contributed by atoms with Crippen LogP contribution in [-0.2, 0) is 20.2 Å². The quantitative estimate of drug-likeness (QED) is 0.581. The van der Waals surface area contributed by atoms with Gasteiger partial charge in [-0.2, -0.15) is 43.2 Å². The Hall–Kier alpha value is -0.600. The minimum atomic E-state index is -6.96. The number of alkyl halides is 6. The highest BCUT2D eigenvalue weighted by Gasteiger charge is 2.80. The molecule has 0 aromatic carbocycles. The Bertz CT molecular complexity index is 497. The lowest BCUT2D eigenvalue weighted by Gasteiger charge is -2.32. The number of rotatable bonds is 3. The third kappa shape index (κ3) is 3.04. The van der Waals surface area contributed by atoms with Gasteiger partial charge in [0.2, 0.25) is 0 Å². The zero-order valence-corrected chi connectivity index (χ0v) is 9.45.